The van der Waals surface area contributed by atoms with Crippen LogP contribution in [0.2, 0.25) is 0 Å². The third kappa shape index (κ3) is 4.15. The highest BCUT2D eigenvalue weighted by Crippen LogP contribution is 2.16. The van der Waals surface area contributed by atoms with Gasteiger partial charge in [0, 0.05) is 0 Å². The number of hydroxylamine groups is 2. The molecule has 0 fully saturated rings. The molecule has 0 saturated heterocycles. The topological polar surface area (TPSA) is 63.9 Å². The van der Waals surface area contributed by atoms with Crippen LogP contribution in [0, 0.1) is 0 Å². The molecule has 2 atom stereocenters. The van der Waals surface area contributed by atoms with Gasteiger partial charge in [0.05, 0.1) is 25.3 Å². The van der Waals surface area contributed by atoms with E-state index in [1.165, 1.54) is 0 Å². The summed E-state index contributed by atoms with van der Waals surface area (Å²) in [5, 5.41) is 30.7. The summed E-state index contributed by atoms with van der Waals surface area (Å²) < 4.78 is 0. The molecule has 0 aliphatic rings. The molecule has 0 saturated carbocycles. The van der Waals surface area contributed by atoms with Crippen LogP contribution in [0.3, 0.4) is 0 Å². The van der Waals surface area contributed by atoms with Crippen molar-refractivity contribution >= 4 is 0 Å². The molecule has 0 aliphatic carbocycles. The summed E-state index contributed by atoms with van der Waals surface area (Å²) in [6.07, 6.45) is -1.58. The lowest BCUT2D eigenvalue weighted by atomic mass is 10.1. The largest absolute Gasteiger partial charge is 0.387 e. The fourth-order valence-corrected chi connectivity index (χ4v) is 2.03. The fourth-order valence-electron chi connectivity index (χ4n) is 2.03. The van der Waals surface area contributed by atoms with Gasteiger partial charge in [-0.05, 0) is 11.1 Å². The summed E-state index contributed by atoms with van der Waals surface area (Å²) in [6, 6.07) is 18.3. The molecular weight excluding hydrogens is 254 g/mol. The molecule has 4 nitrogen and oxygen atoms in total. The zero-order valence-electron chi connectivity index (χ0n) is 11.1. The number of aliphatic hydroxyl groups is 2. The van der Waals surface area contributed by atoms with E-state index in [1.807, 2.05) is 36.4 Å². The van der Waals surface area contributed by atoms with Crippen molar-refractivity contribution in [3.63, 3.8) is 0 Å². The Labute approximate surface area is 118 Å². The van der Waals surface area contributed by atoms with Crippen molar-refractivity contribution in [3.8, 4) is 0 Å². The maximum Gasteiger partial charge on any atom is 0.0940 e. The minimum absolute atomic E-state index is 0.0495. The molecule has 0 amide bonds. The third-order valence-corrected chi connectivity index (χ3v) is 3.14. The van der Waals surface area contributed by atoms with Gasteiger partial charge in [-0.25, -0.2) is 0 Å². The average Bonchev–Trinajstić information content (AvgIpc) is 2.49. The highest BCUT2D eigenvalue weighted by molar-refractivity contribution is 5.18. The Morgan fingerprint density at radius 1 is 0.700 bits per heavy atom. The molecule has 0 heterocycles. The minimum atomic E-state index is -0.788. The first-order valence-corrected chi connectivity index (χ1v) is 6.56. The van der Waals surface area contributed by atoms with Crippen LogP contribution in [0.15, 0.2) is 60.7 Å². The number of hydrogen-bond acceptors (Lipinski definition) is 4. The van der Waals surface area contributed by atoms with E-state index in [4.69, 9.17) is 0 Å². The molecular formula is C16H19NO3. The summed E-state index contributed by atoms with van der Waals surface area (Å²) in [6.45, 7) is 0.0990. The van der Waals surface area contributed by atoms with E-state index in [0.717, 1.165) is 16.2 Å². The maximum absolute atomic E-state index is 9.99. The first kappa shape index (κ1) is 14.7. The first-order valence-electron chi connectivity index (χ1n) is 6.56. The van der Waals surface area contributed by atoms with E-state index in [0.29, 0.717) is 0 Å². The summed E-state index contributed by atoms with van der Waals surface area (Å²) in [5.41, 5.74) is 1.47. The predicted octanol–water partition coefficient (Wildman–Crippen LogP) is 2.14. The van der Waals surface area contributed by atoms with Gasteiger partial charge in [0.2, 0.25) is 0 Å². The zero-order chi connectivity index (χ0) is 14.4. The SMILES string of the molecule is OC(CN(O)CC(O)c1ccccc1)c1ccccc1. The second-order valence-electron chi connectivity index (χ2n) is 4.72. The molecule has 106 valence electrons. The number of aliphatic hydroxyl groups excluding tert-OH is 2. The molecule has 0 spiro atoms. The predicted molar refractivity (Wildman–Crippen MR) is 76.2 cm³/mol. The lowest BCUT2D eigenvalue weighted by Gasteiger charge is -2.22. The van der Waals surface area contributed by atoms with Crippen molar-refractivity contribution in [1.82, 2.24) is 5.06 Å². The standard InChI is InChI=1S/C16H19NO3/c18-15(13-7-3-1-4-8-13)11-17(20)12-16(19)14-9-5-2-6-10-14/h1-10,15-16,18-20H,11-12H2. The Kier molecular flexibility index (Phi) is 5.26. The van der Waals surface area contributed by atoms with Gasteiger partial charge in [0.15, 0.2) is 0 Å². The molecule has 0 radical (unpaired) electrons. The van der Waals surface area contributed by atoms with Crippen molar-refractivity contribution < 1.29 is 15.4 Å². The average molecular weight is 273 g/mol. The second kappa shape index (κ2) is 7.17. The maximum atomic E-state index is 9.99. The van der Waals surface area contributed by atoms with Gasteiger partial charge in [0.25, 0.3) is 0 Å². The molecule has 4 heteroatoms. The second-order valence-corrected chi connectivity index (χ2v) is 4.72. The smallest absolute Gasteiger partial charge is 0.0940 e. The molecule has 2 rings (SSSR count). The third-order valence-electron chi connectivity index (χ3n) is 3.14. The van der Waals surface area contributed by atoms with Gasteiger partial charge in [-0.15, -0.1) is 0 Å². The Bertz CT molecular complexity index is 456. The van der Waals surface area contributed by atoms with Gasteiger partial charge < -0.3 is 15.4 Å². The van der Waals surface area contributed by atoms with Crippen LogP contribution in [0.5, 0.6) is 0 Å². The summed E-state index contributed by atoms with van der Waals surface area (Å²) in [7, 11) is 0. The minimum Gasteiger partial charge on any atom is -0.387 e. The molecule has 0 aliphatic heterocycles. The first-order chi connectivity index (χ1) is 9.66. The number of hydrogen-bond donors (Lipinski definition) is 3. The summed E-state index contributed by atoms with van der Waals surface area (Å²) >= 11 is 0. The highest BCUT2D eigenvalue weighted by atomic mass is 16.5. The van der Waals surface area contributed by atoms with Crippen molar-refractivity contribution in [2.75, 3.05) is 13.1 Å². The van der Waals surface area contributed by atoms with Crippen molar-refractivity contribution in [2.45, 2.75) is 12.2 Å². The monoisotopic (exact) mass is 273 g/mol. The molecule has 2 aromatic rings. The Hall–Kier alpha value is -1.72. The van der Waals surface area contributed by atoms with E-state index in [2.05, 4.69) is 0 Å². The van der Waals surface area contributed by atoms with Gasteiger partial charge in [-0.3, -0.25) is 0 Å². The molecule has 20 heavy (non-hydrogen) atoms. The fraction of sp³-hybridized carbons (Fsp3) is 0.250. The summed E-state index contributed by atoms with van der Waals surface area (Å²) in [4.78, 5) is 0. The van der Waals surface area contributed by atoms with Crippen molar-refractivity contribution in [2.24, 2.45) is 0 Å². The Morgan fingerprint density at radius 2 is 1.05 bits per heavy atom. The van der Waals surface area contributed by atoms with Crippen LogP contribution in [-0.2, 0) is 0 Å². The highest BCUT2D eigenvalue weighted by Gasteiger charge is 2.16. The summed E-state index contributed by atoms with van der Waals surface area (Å²) in [5.74, 6) is 0. The van der Waals surface area contributed by atoms with Crippen LogP contribution in [0.4, 0.5) is 0 Å². The lowest BCUT2D eigenvalue weighted by molar-refractivity contribution is -0.133. The van der Waals surface area contributed by atoms with E-state index in [9.17, 15) is 15.4 Å². The molecule has 0 bridgehead atoms. The normalized spacial score (nSPS) is 14.2. The van der Waals surface area contributed by atoms with Crippen LogP contribution in [0.1, 0.15) is 23.3 Å². The van der Waals surface area contributed by atoms with Crippen LogP contribution in [-0.4, -0.2) is 33.6 Å². The van der Waals surface area contributed by atoms with Gasteiger partial charge >= 0.3 is 0 Å². The van der Waals surface area contributed by atoms with E-state index in [-0.39, 0.29) is 13.1 Å². The van der Waals surface area contributed by atoms with Crippen LogP contribution in [0.25, 0.3) is 0 Å². The Morgan fingerprint density at radius 3 is 1.40 bits per heavy atom. The number of nitrogens with zero attached hydrogens (tertiary/aromatic N) is 1. The van der Waals surface area contributed by atoms with Gasteiger partial charge in [0.1, 0.15) is 0 Å². The van der Waals surface area contributed by atoms with Crippen molar-refractivity contribution in [1.29, 1.82) is 0 Å². The van der Waals surface area contributed by atoms with Gasteiger partial charge in [-0.2, -0.15) is 5.06 Å². The van der Waals surface area contributed by atoms with E-state index < -0.39 is 12.2 Å². The van der Waals surface area contributed by atoms with E-state index in [1.54, 1.807) is 24.3 Å². The quantitative estimate of drug-likeness (QED) is 0.706. The molecule has 3 N–H and O–H groups in total. The number of rotatable bonds is 6. The molecule has 2 unspecified atom stereocenters. The molecule has 2 aromatic carbocycles. The zero-order valence-corrected chi connectivity index (χ0v) is 11.1. The van der Waals surface area contributed by atoms with Gasteiger partial charge in [-0.1, -0.05) is 60.7 Å². The van der Waals surface area contributed by atoms with Crippen LogP contribution >= 0.6 is 0 Å². The van der Waals surface area contributed by atoms with E-state index >= 15 is 0 Å². The Balaban J connectivity index is 1.88. The van der Waals surface area contributed by atoms with Crippen LogP contribution < -0.4 is 0 Å². The lowest BCUT2D eigenvalue weighted by Crippen LogP contribution is -2.29. The molecule has 0 aromatic heterocycles. The number of benzene rings is 2. The van der Waals surface area contributed by atoms with Crippen molar-refractivity contribution in [3.05, 3.63) is 71.8 Å².